The zero-order valence-electron chi connectivity index (χ0n) is 14.1. The summed E-state index contributed by atoms with van der Waals surface area (Å²) in [6.07, 6.45) is 3.79. The number of benzene rings is 1. The van der Waals surface area contributed by atoms with E-state index in [2.05, 4.69) is 15.2 Å². The van der Waals surface area contributed by atoms with E-state index in [1.807, 2.05) is 13.0 Å². The number of H-pyrrole nitrogens is 2. The Bertz CT molecular complexity index is 1250. The van der Waals surface area contributed by atoms with Crippen molar-refractivity contribution in [2.45, 2.75) is 25.7 Å². The van der Waals surface area contributed by atoms with Crippen molar-refractivity contribution in [2.75, 3.05) is 5.73 Å². The predicted molar refractivity (Wildman–Crippen MR) is 98.5 cm³/mol. The average molecular weight is 349 g/mol. The fourth-order valence-corrected chi connectivity index (χ4v) is 3.64. The van der Waals surface area contributed by atoms with Crippen LogP contribution in [-0.4, -0.2) is 20.2 Å². The van der Waals surface area contributed by atoms with Gasteiger partial charge in [0, 0.05) is 33.6 Å². The van der Waals surface area contributed by atoms with Crippen LogP contribution in [0.2, 0.25) is 0 Å². The van der Waals surface area contributed by atoms with Gasteiger partial charge in [-0.1, -0.05) is 6.07 Å². The molecule has 0 amide bonds. The molecular formula is C19H16FN5O. The first-order valence-electron chi connectivity index (χ1n) is 8.49. The van der Waals surface area contributed by atoms with Crippen LogP contribution in [0, 0.1) is 12.7 Å². The highest BCUT2D eigenvalue weighted by Crippen LogP contribution is 2.42. The van der Waals surface area contributed by atoms with Crippen molar-refractivity contribution >= 4 is 27.5 Å². The first-order chi connectivity index (χ1) is 12.5. The Morgan fingerprint density at radius 3 is 2.88 bits per heavy atom. The van der Waals surface area contributed by atoms with Gasteiger partial charge in [0.1, 0.15) is 17.0 Å². The lowest BCUT2D eigenvalue weighted by molar-refractivity contribution is 0.636. The number of nitrogens with two attached hydrogens (primary N) is 1. The molecule has 1 aliphatic carbocycles. The highest BCUT2D eigenvalue weighted by Gasteiger charge is 2.27. The molecule has 3 aromatic heterocycles. The van der Waals surface area contributed by atoms with Crippen LogP contribution in [0.1, 0.15) is 30.1 Å². The zero-order valence-corrected chi connectivity index (χ0v) is 14.1. The summed E-state index contributed by atoms with van der Waals surface area (Å²) in [4.78, 5) is 20.1. The van der Waals surface area contributed by atoms with Crippen LogP contribution in [0.25, 0.3) is 32.9 Å². The first kappa shape index (κ1) is 15.1. The van der Waals surface area contributed by atoms with Crippen molar-refractivity contribution in [3.8, 4) is 11.1 Å². The Balaban J connectivity index is 1.92. The summed E-state index contributed by atoms with van der Waals surface area (Å²) in [7, 11) is 0. The van der Waals surface area contributed by atoms with Crippen LogP contribution in [0.5, 0.6) is 0 Å². The van der Waals surface area contributed by atoms with E-state index in [4.69, 9.17) is 10.7 Å². The zero-order chi connectivity index (χ0) is 18.0. The van der Waals surface area contributed by atoms with Gasteiger partial charge in [-0.3, -0.25) is 14.9 Å². The average Bonchev–Trinajstić information content (AvgIpc) is 3.34. The van der Waals surface area contributed by atoms with Gasteiger partial charge in [-0.25, -0.2) is 4.39 Å². The van der Waals surface area contributed by atoms with E-state index in [0.29, 0.717) is 27.9 Å². The van der Waals surface area contributed by atoms with E-state index in [1.54, 1.807) is 12.3 Å². The number of hydrogen-bond donors (Lipinski definition) is 3. The highest BCUT2D eigenvalue weighted by molar-refractivity contribution is 6.08. The third-order valence-corrected chi connectivity index (χ3v) is 5.06. The minimum Gasteiger partial charge on any atom is -0.394 e. The molecule has 5 rings (SSSR count). The predicted octanol–water partition coefficient (Wildman–Crippen LogP) is 3.37. The molecule has 1 aromatic carbocycles. The van der Waals surface area contributed by atoms with Gasteiger partial charge in [0.05, 0.1) is 11.7 Å². The van der Waals surface area contributed by atoms with Crippen molar-refractivity contribution in [2.24, 2.45) is 0 Å². The number of rotatable bonds is 2. The van der Waals surface area contributed by atoms with Crippen LogP contribution in [0.15, 0.2) is 29.2 Å². The van der Waals surface area contributed by atoms with Crippen molar-refractivity contribution in [1.82, 2.24) is 20.2 Å². The highest BCUT2D eigenvalue weighted by atomic mass is 19.1. The summed E-state index contributed by atoms with van der Waals surface area (Å²) < 4.78 is 14.1. The number of nitrogens with one attached hydrogen (secondary N) is 2. The Hall–Kier alpha value is -3.22. The molecule has 0 saturated heterocycles. The molecule has 0 radical (unpaired) electrons. The quantitative estimate of drug-likeness (QED) is 0.516. The molecule has 1 aliphatic rings. The van der Waals surface area contributed by atoms with E-state index in [9.17, 15) is 9.18 Å². The number of aryl methyl sites for hydroxylation is 1. The Morgan fingerprint density at radius 1 is 1.31 bits per heavy atom. The third kappa shape index (κ3) is 2.06. The molecule has 0 bridgehead atoms. The minimum absolute atomic E-state index is 0.0932. The molecule has 6 nitrogen and oxygen atoms in total. The molecule has 4 aromatic rings. The molecule has 26 heavy (non-hydrogen) atoms. The van der Waals surface area contributed by atoms with Crippen LogP contribution in [-0.2, 0) is 0 Å². The van der Waals surface area contributed by atoms with E-state index in [1.165, 1.54) is 6.07 Å². The Labute approximate surface area is 147 Å². The maximum Gasteiger partial charge on any atom is 0.272 e. The largest absolute Gasteiger partial charge is 0.394 e. The van der Waals surface area contributed by atoms with E-state index < -0.39 is 5.82 Å². The monoisotopic (exact) mass is 349 g/mol. The molecule has 0 unspecified atom stereocenters. The lowest BCUT2D eigenvalue weighted by Gasteiger charge is -2.14. The van der Waals surface area contributed by atoms with Gasteiger partial charge in [0.25, 0.3) is 5.56 Å². The first-order valence-corrected chi connectivity index (χ1v) is 8.49. The van der Waals surface area contributed by atoms with Gasteiger partial charge < -0.3 is 10.7 Å². The van der Waals surface area contributed by atoms with Gasteiger partial charge in [0.15, 0.2) is 0 Å². The standard InChI is InChI=1S/C19H16FN5O/c1-8-15-14(6-13(23-8)9-2-3-9)24-19(26)17(21)16(15)10-4-5-12(20)18-11(10)7-22-25-18/h4-7,9H,2-3,21H2,1H3,(H,22,25)(H,24,26). The molecule has 1 fully saturated rings. The second-order valence-electron chi connectivity index (χ2n) is 6.83. The molecule has 4 N–H and O–H groups in total. The van der Waals surface area contributed by atoms with Crippen molar-refractivity contribution in [3.63, 3.8) is 0 Å². The maximum absolute atomic E-state index is 14.1. The number of anilines is 1. The number of halogens is 1. The normalized spacial score (nSPS) is 14.4. The molecule has 0 aliphatic heterocycles. The van der Waals surface area contributed by atoms with Gasteiger partial charge in [-0.05, 0) is 37.5 Å². The van der Waals surface area contributed by atoms with Crippen molar-refractivity contribution in [1.29, 1.82) is 0 Å². The fourth-order valence-electron chi connectivity index (χ4n) is 3.64. The molecule has 1 saturated carbocycles. The molecule has 130 valence electrons. The van der Waals surface area contributed by atoms with Crippen LogP contribution in [0.4, 0.5) is 10.1 Å². The molecule has 7 heteroatoms. The summed E-state index contributed by atoms with van der Waals surface area (Å²) in [5.74, 6) is 0.0637. The Kier molecular flexibility index (Phi) is 2.98. The number of nitrogens with zero attached hydrogens (tertiary/aromatic N) is 2. The maximum atomic E-state index is 14.1. The van der Waals surface area contributed by atoms with Gasteiger partial charge in [-0.2, -0.15) is 5.10 Å². The molecule has 0 atom stereocenters. The fraction of sp³-hybridized carbons (Fsp3) is 0.211. The Morgan fingerprint density at radius 2 is 2.12 bits per heavy atom. The minimum atomic E-state index is -0.403. The van der Waals surface area contributed by atoms with Gasteiger partial charge in [-0.15, -0.1) is 0 Å². The summed E-state index contributed by atoms with van der Waals surface area (Å²) >= 11 is 0. The van der Waals surface area contributed by atoms with E-state index >= 15 is 0 Å². The molecule has 3 heterocycles. The second kappa shape index (κ2) is 5.14. The number of fused-ring (bicyclic) bond motifs is 2. The number of pyridine rings is 2. The molecule has 0 spiro atoms. The summed E-state index contributed by atoms with van der Waals surface area (Å²) in [5.41, 5.74) is 9.91. The summed E-state index contributed by atoms with van der Waals surface area (Å²) in [6.45, 7) is 1.91. The molecular weight excluding hydrogens is 333 g/mol. The number of nitrogen functional groups attached to an aromatic ring is 1. The van der Waals surface area contributed by atoms with Crippen LogP contribution in [0.3, 0.4) is 0 Å². The van der Waals surface area contributed by atoms with Crippen LogP contribution < -0.4 is 11.3 Å². The second-order valence-corrected chi connectivity index (χ2v) is 6.83. The van der Waals surface area contributed by atoms with Crippen molar-refractivity contribution < 1.29 is 4.39 Å². The van der Waals surface area contributed by atoms with E-state index in [-0.39, 0.29) is 16.8 Å². The third-order valence-electron chi connectivity index (χ3n) is 5.06. The number of hydrogen-bond acceptors (Lipinski definition) is 4. The van der Waals surface area contributed by atoms with Crippen molar-refractivity contribution in [3.05, 3.63) is 52.0 Å². The van der Waals surface area contributed by atoms with Gasteiger partial charge in [0.2, 0.25) is 0 Å². The van der Waals surface area contributed by atoms with E-state index in [0.717, 1.165) is 29.6 Å². The summed E-state index contributed by atoms with van der Waals surface area (Å²) in [6, 6.07) is 4.91. The lowest BCUT2D eigenvalue weighted by atomic mass is 9.95. The number of aromatic amines is 2. The smallest absolute Gasteiger partial charge is 0.272 e. The summed E-state index contributed by atoms with van der Waals surface area (Å²) in [5, 5.41) is 7.96. The van der Waals surface area contributed by atoms with Crippen LogP contribution >= 0.6 is 0 Å². The van der Waals surface area contributed by atoms with Gasteiger partial charge >= 0.3 is 0 Å². The lowest BCUT2D eigenvalue weighted by Crippen LogP contribution is -2.14. The number of aromatic nitrogens is 4. The SMILES string of the molecule is Cc1nc(C2CC2)cc2[nH]c(=O)c(N)c(-c3ccc(F)c4[nH]ncc34)c12. The topological polar surface area (TPSA) is 100 Å².